The Hall–Kier alpha value is -1.98. The molecule has 0 atom stereocenters. The van der Waals surface area contributed by atoms with Crippen LogP contribution in [0.25, 0.3) is 0 Å². The van der Waals surface area contributed by atoms with Crippen LogP contribution in [0.1, 0.15) is 38.5 Å². The Morgan fingerprint density at radius 2 is 1.82 bits per heavy atom. The molecule has 0 heterocycles. The minimum atomic E-state index is -0.950. The molecule has 2 N–H and O–H groups in total. The number of hydrogen-bond acceptors (Lipinski definition) is 2. The maximum Gasteiger partial charge on any atom is 0.313 e. The van der Waals surface area contributed by atoms with Gasteiger partial charge in [-0.3, -0.25) is 9.59 Å². The quantitative estimate of drug-likeness (QED) is 0.840. The zero-order valence-electron chi connectivity index (χ0n) is 12.3. The van der Waals surface area contributed by atoms with Gasteiger partial charge in [-0.1, -0.05) is 32.1 Å². The number of anilines is 1. The van der Waals surface area contributed by atoms with E-state index >= 15 is 0 Å². The SMILES string of the molecule is O=C(NCCC1CCCCC1)C(=O)Nc1ccc(F)cc1F. The van der Waals surface area contributed by atoms with Gasteiger partial charge in [0.25, 0.3) is 0 Å². The van der Waals surface area contributed by atoms with Crippen LogP contribution >= 0.6 is 0 Å². The van der Waals surface area contributed by atoms with Crippen molar-refractivity contribution in [3.8, 4) is 0 Å². The molecule has 0 aromatic heterocycles. The van der Waals surface area contributed by atoms with Gasteiger partial charge in [0.1, 0.15) is 11.6 Å². The molecule has 1 aromatic carbocycles. The Bertz CT molecular complexity index is 543. The first kappa shape index (κ1) is 16.4. The molecule has 22 heavy (non-hydrogen) atoms. The summed E-state index contributed by atoms with van der Waals surface area (Å²) in [5.74, 6) is -2.81. The van der Waals surface area contributed by atoms with Crippen molar-refractivity contribution < 1.29 is 18.4 Å². The van der Waals surface area contributed by atoms with E-state index in [0.717, 1.165) is 18.6 Å². The highest BCUT2D eigenvalue weighted by atomic mass is 19.1. The highest BCUT2D eigenvalue weighted by molar-refractivity contribution is 6.39. The molecule has 2 amide bonds. The largest absolute Gasteiger partial charge is 0.348 e. The molecule has 0 saturated heterocycles. The van der Waals surface area contributed by atoms with Gasteiger partial charge in [0.2, 0.25) is 0 Å². The first-order valence-corrected chi connectivity index (χ1v) is 7.60. The number of amides is 2. The van der Waals surface area contributed by atoms with E-state index in [2.05, 4.69) is 10.6 Å². The maximum absolute atomic E-state index is 13.4. The predicted molar refractivity (Wildman–Crippen MR) is 79.2 cm³/mol. The van der Waals surface area contributed by atoms with E-state index in [9.17, 15) is 18.4 Å². The standard InChI is InChI=1S/C16H20F2N2O2/c17-12-6-7-14(13(18)10-12)20-16(22)15(21)19-9-8-11-4-2-1-3-5-11/h6-7,10-11H,1-5,8-9H2,(H,19,21)(H,20,22). The summed E-state index contributed by atoms with van der Waals surface area (Å²) in [5, 5.41) is 4.67. The van der Waals surface area contributed by atoms with Crippen molar-refractivity contribution in [2.75, 3.05) is 11.9 Å². The lowest BCUT2D eigenvalue weighted by Crippen LogP contribution is -2.36. The van der Waals surface area contributed by atoms with Crippen LogP contribution in [-0.2, 0) is 9.59 Å². The van der Waals surface area contributed by atoms with Crippen molar-refractivity contribution in [3.63, 3.8) is 0 Å². The topological polar surface area (TPSA) is 58.2 Å². The van der Waals surface area contributed by atoms with Crippen molar-refractivity contribution in [2.45, 2.75) is 38.5 Å². The molecule has 4 nitrogen and oxygen atoms in total. The number of rotatable bonds is 4. The summed E-state index contributed by atoms with van der Waals surface area (Å²) in [6, 6.07) is 2.74. The summed E-state index contributed by atoms with van der Waals surface area (Å²) in [6.45, 7) is 0.433. The Morgan fingerprint density at radius 3 is 2.50 bits per heavy atom. The number of carbonyl (C=O) groups is 2. The summed E-state index contributed by atoms with van der Waals surface area (Å²) in [6.07, 6.45) is 6.91. The molecule has 2 rings (SSSR count). The van der Waals surface area contributed by atoms with Crippen molar-refractivity contribution in [1.82, 2.24) is 5.32 Å². The van der Waals surface area contributed by atoms with Crippen LogP contribution in [0.4, 0.5) is 14.5 Å². The highest BCUT2D eigenvalue weighted by Crippen LogP contribution is 2.25. The molecule has 0 bridgehead atoms. The van der Waals surface area contributed by atoms with E-state index in [1.807, 2.05) is 0 Å². The second-order valence-corrected chi connectivity index (χ2v) is 5.63. The van der Waals surface area contributed by atoms with Crippen molar-refractivity contribution >= 4 is 17.5 Å². The van der Waals surface area contributed by atoms with Gasteiger partial charge in [-0.15, -0.1) is 0 Å². The Labute approximate surface area is 128 Å². The smallest absolute Gasteiger partial charge is 0.313 e. The molecule has 1 aliphatic carbocycles. The van der Waals surface area contributed by atoms with Gasteiger partial charge in [-0.25, -0.2) is 8.78 Å². The van der Waals surface area contributed by atoms with Crippen LogP contribution in [0.5, 0.6) is 0 Å². The average Bonchev–Trinajstić information content (AvgIpc) is 2.51. The van der Waals surface area contributed by atoms with Crippen LogP contribution < -0.4 is 10.6 Å². The third-order valence-corrected chi connectivity index (χ3v) is 3.95. The van der Waals surface area contributed by atoms with Crippen LogP contribution in [-0.4, -0.2) is 18.4 Å². The second kappa shape index (κ2) is 7.87. The van der Waals surface area contributed by atoms with E-state index in [0.29, 0.717) is 18.5 Å². The number of nitrogens with one attached hydrogen (secondary N) is 2. The summed E-state index contributed by atoms with van der Waals surface area (Å²) in [4.78, 5) is 23.3. The number of carbonyl (C=O) groups excluding carboxylic acids is 2. The van der Waals surface area contributed by atoms with Crippen molar-refractivity contribution in [2.24, 2.45) is 5.92 Å². The van der Waals surface area contributed by atoms with Crippen LogP contribution in [0.15, 0.2) is 18.2 Å². The molecule has 0 spiro atoms. The van der Waals surface area contributed by atoms with E-state index in [4.69, 9.17) is 0 Å². The minimum Gasteiger partial charge on any atom is -0.348 e. The minimum absolute atomic E-state index is 0.214. The van der Waals surface area contributed by atoms with E-state index < -0.39 is 23.4 Å². The van der Waals surface area contributed by atoms with Gasteiger partial charge >= 0.3 is 11.8 Å². The summed E-state index contributed by atoms with van der Waals surface area (Å²) >= 11 is 0. The molecule has 6 heteroatoms. The number of halogens is 2. The van der Waals surface area contributed by atoms with Gasteiger partial charge in [0.05, 0.1) is 5.69 Å². The normalized spacial score (nSPS) is 15.4. The van der Waals surface area contributed by atoms with E-state index in [-0.39, 0.29) is 5.69 Å². The average molecular weight is 310 g/mol. The van der Waals surface area contributed by atoms with E-state index in [1.54, 1.807) is 0 Å². The molecule has 120 valence electrons. The lowest BCUT2D eigenvalue weighted by molar-refractivity contribution is -0.136. The fourth-order valence-electron chi connectivity index (χ4n) is 2.72. The van der Waals surface area contributed by atoms with Crippen LogP contribution in [0, 0.1) is 17.6 Å². The van der Waals surface area contributed by atoms with Crippen molar-refractivity contribution in [1.29, 1.82) is 0 Å². The summed E-state index contributed by atoms with van der Waals surface area (Å²) in [7, 11) is 0. The Kier molecular flexibility index (Phi) is 5.86. The monoisotopic (exact) mass is 310 g/mol. The third-order valence-electron chi connectivity index (χ3n) is 3.95. The molecule has 1 fully saturated rings. The van der Waals surface area contributed by atoms with E-state index in [1.165, 1.54) is 32.1 Å². The van der Waals surface area contributed by atoms with Gasteiger partial charge in [0, 0.05) is 12.6 Å². The summed E-state index contributed by atoms with van der Waals surface area (Å²) < 4.78 is 26.1. The third kappa shape index (κ3) is 4.79. The lowest BCUT2D eigenvalue weighted by Gasteiger charge is -2.21. The molecule has 1 aromatic rings. The fraction of sp³-hybridized carbons (Fsp3) is 0.500. The molecule has 0 radical (unpaired) electrons. The zero-order valence-corrected chi connectivity index (χ0v) is 12.3. The van der Waals surface area contributed by atoms with Gasteiger partial charge < -0.3 is 10.6 Å². The van der Waals surface area contributed by atoms with Crippen LogP contribution in [0.3, 0.4) is 0 Å². The van der Waals surface area contributed by atoms with Crippen molar-refractivity contribution in [3.05, 3.63) is 29.8 Å². The fourth-order valence-corrected chi connectivity index (χ4v) is 2.72. The molecule has 1 aliphatic rings. The second-order valence-electron chi connectivity index (χ2n) is 5.63. The lowest BCUT2D eigenvalue weighted by atomic mass is 9.87. The molecule has 0 aliphatic heterocycles. The Balaban J connectivity index is 1.75. The molecule has 0 unspecified atom stereocenters. The Morgan fingerprint density at radius 1 is 1.09 bits per heavy atom. The summed E-state index contributed by atoms with van der Waals surface area (Å²) in [5.41, 5.74) is -0.214. The zero-order chi connectivity index (χ0) is 15.9. The van der Waals surface area contributed by atoms with Crippen LogP contribution in [0.2, 0.25) is 0 Å². The van der Waals surface area contributed by atoms with Gasteiger partial charge in [-0.05, 0) is 24.5 Å². The highest BCUT2D eigenvalue weighted by Gasteiger charge is 2.17. The first-order valence-electron chi connectivity index (χ1n) is 7.60. The molecular weight excluding hydrogens is 290 g/mol. The predicted octanol–water partition coefficient (Wildman–Crippen LogP) is 2.99. The first-order chi connectivity index (χ1) is 10.6. The van der Waals surface area contributed by atoms with Gasteiger partial charge in [0.15, 0.2) is 0 Å². The number of hydrogen-bond donors (Lipinski definition) is 2. The molecule has 1 saturated carbocycles. The molecular formula is C16H20F2N2O2. The number of benzene rings is 1. The maximum atomic E-state index is 13.4. The van der Waals surface area contributed by atoms with Gasteiger partial charge in [-0.2, -0.15) is 0 Å².